The Labute approximate surface area is 119 Å². The van der Waals surface area contributed by atoms with Crippen LogP contribution in [0.4, 0.5) is 0 Å². The van der Waals surface area contributed by atoms with Crippen LogP contribution in [-0.4, -0.2) is 25.8 Å². The second-order valence-corrected chi connectivity index (χ2v) is 6.56. The molecule has 1 N–H and O–H groups in total. The van der Waals surface area contributed by atoms with Gasteiger partial charge in [0.25, 0.3) is 0 Å². The summed E-state index contributed by atoms with van der Waals surface area (Å²) in [6.45, 7) is 2.13. The maximum absolute atomic E-state index is 11.4. The van der Waals surface area contributed by atoms with Crippen molar-refractivity contribution in [2.24, 2.45) is 18.9 Å². The Kier molecular flexibility index (Phi) is 3.52. The van der Waals surface area contributed by atoms with Gasteiger partial charge in [-0.3, -0.25) is 9.48 Å². The zero-order valence-electron chi connectivity index (χ0n) is 12.2. The van der Waals surface area contributed by atoms with Crippen molar-refractivity contribution in [3.8, 4) is 0 Å². The molecule has 2 aliphatic rings. The Morgan fingerprint density at radius 3 is 2.65 bits per heavy atom. The van der Waals surface area contributed by atoms with Crippen LogP contribution >= 0.6 is 0 Å². The highest BCUT2D eigenvalue weighted by molar-refractivity contribution is 5.71. The molecule has 0 aliphatic heterocycles. The fourth-order valence-electron chi connectivity index (χ4n) is 3.95. The predicted molar refractivity (Wildman–Crippen MR) is 74.5 cm³/mol. The topological polar surface area (TPSA) is 68.0 Å². The quantitative estimate of drug-likeness (QED) is 0.922. The second-order valence-electron chi connectivity index (χ2n) is 6.56. The molecule has 3 unspecified atom stereocenters. The van der Waals surface area contributed by atoms with Crippen LogP contribution in [0, 0.1) is 11.8 Å². The van der Waals surface area contributed by atoms with E-state index in [0.29, 0.717) is 11.8 Å². The van der Waals surface area contributed by atoms with E-state index < -0.39 is 5.97 Å². The SMILES string of the molecule is CC1CC(C(=O)O)C(c2nc(C3CCCC3)nn2C)C1. The zero-order valence-corrected chi connectivity index (χ0v) is 12.2. The number of hydrogen-bond acceptors (Lipinski definition) is 3. The third-order valence-electron chi connectivity index (χ3n) is 4.98. The second kappa shape index (κ2) is 5.19. The van der Waals surface area contributed by atoms with E-state index in [1.54, 1.807) is 0 Å². The molecule has 1 heterocycles. The van der Waals surface area contributed by atoms with E-state index in [1.807, 2.05) is 11.7 Å². The molecule has 110 valence electrons. The highest BCUT2D eigenvalue weighted by atomic mass is 16.4. The molecule has 0 saturated heterocycles. The number of aromatic nitrogens is 3. The van der Waals surface area contributed by atoms with E-state index in [2.05, 4.69) is 12.0 Å². The Morgan fingerprint density at radius 1 is 1.30 bits per heavy atom. The minimum absolute atomic E-state index is 0.0233. The van der Waals surface area contributed by atoms with Gasteiger partial charge in [-0.15, -0.1) is 0 Å². The summed E-state index contributed by atoms with van der Waals surface area (Å²) in [4.78, 5) is 16.2. The number of nitrogens with zero attached hydrogens (tertiary/aromatic N) is 3. The molecule has 0 spiro atoms. The van der Waals surface area contributed by atoms with Crippen LogP contribution in [-0.2, 0) is 11.8 Å². The molecule has 3 atom stereocenters. The third kappa shape index (κ3) is 2.34. The molecule has 2 saturated carbocycles. The first-order valence-electron chi connectivity index (χ1n) is 7.70. The number of carboxylic acids is 1. The molecule has 2 aliphatic carbocycles. The maximum Gasteiger partial charge on any atom is 0.307 e. The molecule has 20 heavy (non-hydrogen) atoms. The van der Waals surface area contributed by atoms with Gasteiger partial charge in [0.05, 0.1) is 5.92 Å². The molecule has 0 amide bonds. The van der Waals surface area contributed by atoms with Crippen LogP contribution in [0.3, 0.4) is 0 Å². The van der Waals surface area contributed by atoms with Crippen LogP contribution < -0.4 is 0 Å². The first kappa shape index (κ1) is 13.6. The first-order valence-corrected chi connectivity index (χ1v) is 7.70. The summed E-state index contributed by atoms with van der Waals surface area (Å²) in [5.41, 5.74) is 0. The van der Waals surface area contributed by atoms with Crippen molar-refractivity contribution >= 4 is 5.97 Å². The van der Waals surface area contributed by atoms with Gasteiger partial charge < -0.3 is 5.11 Å². The molecule has 5 nitrogen and oxygen atoms in total. The lowest BCUT2D eigenvalue weighted by Crippen LogP contribution is -2.19. The molecular formula is C15H23N3O2. The lowest BCUT2D eigenvalue weighted by Gasteiger charge is -2.14. The van der Waals surface area contributed by atoms with Crippen LogP contribution in [0.1, 0.15) is 68.9 Å². The largest absolute Gasteiger partial charge is 0.481 e. The highest BCUT2D eigenvalue weighted by Crippen LogP contribution is 2.43. The summed E-state index contributed by atoms with van der Waals surface area (Å²) in [5.74, 6) is 1.78. The minimum Gasteiger partial charge on any atom is -0.481 e. The van der Waals surface area contributed by atoms with Crippen LogP contribution in [0.2, 0.25) is 0 Å². The maximum atomic E-state index is 11.4. The van der Waals surface area contributed by atoms with E-state index in [1.165, 1.54) is 25.7 Å². The summed E-state index contributed by atoms with van der Waals surface area (Å²) >= 11 is 0. The molecule has 0 bridgehead atoms. The highest BCUT2D eigenvalue weighted by Gasteiger charge is 2.40. The van der Waals surface area contributed by atoms with Gasteiger partial charge in [-0.25, -0.2) is 4.98 Å². The van der Waals surface area contributed by atoms with Crippen LogP contribution in [0.25, 0.3) is 0 Å². The number of carbonyl (C=O) groups is 1. The lowest BCUT2D eigenvalue weighted by atomic mass is 9.95. The molecule has 1 aromatic heterocycles. The van der Waals surface area contributed by atoms with Crippen molar-refractivity contribution < 1.29 is 9.90 Å². The van der Waals surface area contributed by atoms with Gasteiger partial charge in [0, 0.05) is 18.9 Å². The summed E-state index contributed by atoms with van der Waals surface area (Å²) in [7, 11) is 1.91. The van der Waals surface area contributed by atoms with Gasteiger partial charge in [-0.1, -0.05) is 19.8 Å². The lowest BCUT2D eigenvalue weighted by molar-refractivity contribution is -0.142. The van der Waals surface area contributed by atoms with Crippen molar-refractivity contribution in [2.75, 3.05) is 0 Å². The average molecular weight is 277 g/mol. The van der Waals surface area contributed by atoms with Crippen molar-refractivity contribution in [1.82, 2.24) is 14.8 Å². The zero-order chi connectivity index (χ0) is 14.3. The van der Waals surface area contributed by atoms with Gasteiger partial charge in [-0.05, 0) is 31.6 Å². The first-order chi connectivity index (χ1) is 9.56. The van der Waals surface area contributed by atoms with Gasteiger partial charge in [0.2, 0.25) is 0 Å². The summed E-state index contributed by atoms with van der Waals surface area (Å²) < 4.78 is 1.83. The molecule has 2 fully saturated rings. The Morgan fingerprint density at radius 2 is 2.00 bits per heavy atom. The molecule has 5 heteroatoms. The average Bonchev–Trinajstić information content (AvgIpc) is 3.07. The molecule has 0 radical (unpaired) electrons. The van der Waals surface area contributed by atoms with Crippen molar-refractivity contribution in [3.05, 3.63) is 11.6 Å². The van der Waals surface area contributed by atoms with E-state index in [-0.39, 0.29) is 11.8 Å². The van der Waals surface area contributed by atoms with Crippen molar-refractivity contribution in [2.45, 2.75) is 57.3 Å². The number of aryl methyl sites for hydroxylation is 1. The number of carboxylic acid groups (broad SMARTS) is 1. The van der Waals surface area contributed by atoms with Crippen LogP contribution in [0.5, 0.6) is 0 Å². The Balaban J connectivity index is 1.87. The standard InChI is InChI=1S/C15H23N3O2/c1-9-7-11(12(8-9)15(19)20)14-16-13(17-18(14)2)10-5-3-4-6-10/h9-12H,3-8H2,1-2H3,(H,19,20). The van der Waals surface area contributed by atoms with Gasteiger partial charge in [0.15, 0.2) is 5.82 Å². The van der Waals surface area contributed by atoms with Crippen molar-refractivity contribution in [1.29, 1.82) is 0 Å². The monoisotopic (exact) mass is 277 g/mol. The molecule has 0 aromatic carbocycles. The predicted octanol–water partition coefficient (Wildman–Crippen LogP) is 2.69. The third-order valence-corrected chi connectivity index (χ3v) is 4.98. The number of aliphatic carboxylic acids is 1. The summed E-state index contributed by atoms with van der Waals surface area (Å²) in [6.07, 6.45) is 6.53. The Bertz CT molecular complexity index is 505. The smallest absolute Gasteiger partial charge is 0.307 e. The van der Waals surface area contributed by atoms with E-state index in [9.17, 15) is 9.90 Å². The minimum atomic E-state index is -0.690. The molecule has 1 aromatic rings. The van der Waals surface area contributed by atoms with E-state index >= 15 is 0 Å². The van der Waals surface area contributed by atoms with Crippen molar-refractivity contribution in [3.63, 3.8) is 0 Å². The van der Waals surface area contributed by atoms with Crippen LogP contribution in [0.15, 0.2) is 0 Å². The normalized spacial score (nSPS) is 31.0. The fourth-order valence-corrected chi connectivity index (χ4v) is 3.95. The van der Waals surface area contributed by atoms with Gasteiger partial charge >= 0.3 is 5.97 Å². The van der Waals surface area contributed by atoms with E-state index in [4.69, 9.17) is 4.98 Å². The van der Waals surface area contributed by atoms with E-state index in [0.717, 1.165) is 24.5 Å². The van der Waals surface area contributed by atoms with Gasteiger partial charge in [-0.2, -0.15) is 5.10 Å². The number of rotatable bonds is 3. The molecule has 3 rings (SSSR count). The van der Waals surface area contributed by atoms with Gasteiger partial charge in [0.1, 0.15) is 5.82 Å². The number of hydrogen-bond donors (Lipinski definition) is 1. The Hall–Kier alpha value is -1.39. The summed E-state index contributed by atoms with van der Waals surface area (Å²) in [6, 6.07) is 0. The summed E-state index contributed by atoms with van der Waals surface area (Å²) in [5, 5.41) is 14.0. The fraction of sp³-hybridized carbons (Fsp3) is 0.800. The molecular weight excluding hydrogens is 254 g/mol.